The van der Waals surface area contributed by atoms with Crippen molar-refractivity contribution in [3.8, 4) is 0 Å². The Morgan fingerprint density at radius 1 is 0.875 bits per heavy atom. The molecule has 0 unspecified atom stereocenters. The van der Waals surface area contributed by atoms with E-state index in [2.05, 4.69) is 0 Å². The van der Waals surface area contributed by atoms with Gasteiger partial charge in [-0.2, -0.15) is 0 Å². The Morgan fingerprint density at radius 3 is 2.12 bits per heavy atom. The highest BCUT2D eigenvalue weighted by Crippen LogP contribution is 2.37. The molecule has 0 saturated heterocycles. The van der Waals surface area contributed by atoms with Crippen molar-refractivity contribution < 1.29 is 8.83 Å². The van der Waals surface area contributed by atoms with Gasteiger partial charge in [0.2, 0.25) is 0 Å². The predicted octanol–water partition coefficient (Wildman–Crippen LogP) is 3.69. The fourth-order valence-electron chi connectivity index (χ4n) is 2.23. The number of benzene rings is 1. The highest BCUT2D eigenvalue weighted by atomic mass is 16.3. The van der Waals surface area contributed by atoms with Gasteiger partial charge in [-0.15, -0.1) is 0 Å². The summed E-state index contributed by atoms with van der Waals surface area (Å²) < 4.78 is 11.3. The van der Waals surface area contributed by atoms with E-state index in [0.717, 1.165) is 39.0 Å². The second-order valence-electron chi connectivity index (χ2n) is 4.24. The fourth-order valence-corrected chi connectivity index (χ4v) is 2.23. The number of furan rings is 2. The van der Waals surface area contributed by atoms with E-state index in [1.54, 1.807) is 0 Å². The molecule has 0 atom stereocenters. The lowest BCUT2D eigenvalue weighted by molar-refractivity contribution is 0.574. The van der Waals surface area contributed by atoms with E-state index in [1.807, 2.05) is 32.9 Å². The first kappa shape index (κ1) is 9.33. The van der Waals surface area contributed by atoms with Crippen LogP contribution in [0.4, 0.5) is 5.69 Å². The molecule has 0 radical (unpaired) electrons. The van der Waals surface area contributed by atoms with E-state index >= 15 is 0 Å². The lowest BCUT2D eigenvalue weighted by atomic mass is 10.1. The van der Waals surface area contributed by atoms with Crippen molar-refractivity contribution >= 4 is 27.6 Å². The summed E-state index contributed by atoms with van der Waals surface area (Å²) >= 11 is 0. The first-order valence-corrected chi connectivity index (χ1v) is 5.26. The summed E-state index contributed by atoms with van der Waals surface area (Å²) in [6.45, 7) is 5.87. The van der Waals surface area contributed by atoms with Crippen molar-refractivity contribution in [2.75, 3.05) is 5.73 Å². The predicted molar refractivity (Wildman–Crippen MR) is 64.6 cm³/mol. The molecule has 0 aliphatic rings. The van der Waals surface area contributed by atoms with Crippen LogP contribution in [0.5, 0.6) is 0 Å². The first-order chi connectivity index (χ1) is 7.58. The van der Waals surface area contributed by atoms with Crippen LogP contribution in [0, 0.1) is 20.8 Å². The first-order valence-electron chi connectivity index (χ1n) is 5.26. The minimum absolute atomic E-state index is 0.667. The molecule has 3 heteroatoms. The lowest BCUT2D eigenvalue weighted by Crippen LogP contribution is -1.88. The molecule has 3 aromatic rings. The fraction of sp³-hybridized carbons (Fsp3) is 0.231. The summed E-state index contributed by atoms with van der Waals surface area (Å²) in [5, 5.41) is 1.98. The summed E-state index contributed by atoms with van der Waals surface area (Å²) in [5.74, 6) is 1.74. The Morgan fingerprint density at radius 2 is 1.44 bits per heavy atom. The van der Waals surface area contributed by atoms with Crippen molar-refractivity contribution in [2.45, 2.75) is 20.8 Å². The summed E-state index contributed by atoms with van der Waals surface area (Å²) in [6, 6.07) is 3.95. The van der Waals surface area contributed by atoms with Gasteiger partial charge in [0, 0.05) is 16.3 Å². The van der Waals surface area contributed by atoms with Gasteiger partial charge >= 0.3 is 0 Å². The SMILES string of the molecule is Cc1cc2c(N)c3oc(C)cc3c(C)c2o1. The average Bonchev–Trinajstić information content (AvgIpc) is 2.78. The minimum Gasteiger partial charge on any atom is -0.461 e. The number of aryl methyl sites for hydroxylation is 3. The number of hydrogen-bond donors (Lipinski definition) is 1. The smallest absolute Gasteiger partial charge is 0.158 e. The van der Waals surface area contributed by atoms with E-state index in [-0.39, 0.29) is 0 Å². The van der Waals surface area contributed by atoms with Gasteiger partial charge in [0.25, 0.3) is 0 Å². The normalized spacial score (nSPS) is 11.7. The summed E-state index contributed by atoms with van der Waals surface area (Å²) in [4.78, 5) is 0. The highest BCUT2D eigenvalue weighted by Gasteiger charge is 2.16. The van der Waals surface area contributed by atoms with E-state index < -0.39 is 0 Å². The summed E-state index contributed by atoms with van der Waals surface area (Å²) in [7, 11) is 0. The zero-order valence-corrected chi connectivity index (χ0v) is 9.55. The van der Waals surface area contributed by atoms with Crippen LogP contribution in [-0.4, -0.2) is 0 Å². The van der Waals surface area contributed by atoms with Crippen LogP contribution in [0.1, 0.15) is 17.1 Å². The molecule has 0 aliphatic heterocycles. The zero-order valence-electron chi connectivity index (χ0n) is 9.55. The van der Waals surface area contributed by atoms with Crippen molar-refractivity contribution in [1.29, 1.82) is 0 Å². The standard InChI is InChI=1S/C13H13NO2/c1-6-4-9-8(3)12-10(5-7(2)15-12)11(14)13(9)16-6/h4-5H,14H2,1-3H3. The van der Waals surface area contributed by atoms with Gasteiger partial charge in [-0.3, -0.25) is 0 Å². The molecule has 0 fully saturated rings. The number of fused-ring (bicyclic) bond motifs is 2. The largest absolute Gasteiger partial charge is 0.461 e. The van der Waals surface area contributed by atoms with Crippen molar-refractivity contribution in [3.63, 3.8) is 0 Å². The Hall–Kier alpha value is -1.90. The van der Waals surface area contributed by atoms with E-state index in [0.29, 0.717) is 5.69 Å². The third-order valence-corrected chi connectivity index (χ3v) is 2.99. The molecule has 16 heavy (non-hydrogen) atoms. The minimum atomic E-state index is 0.667. The van der Waals surface area contributed by atoms with Crippen LogP contribution in [0.15, 0.2) is 21.0 Å². The van der Waals surface area contributed by atoms with E-state index in [1.165, 1.54) is 0 Å². The third kappa shape index (κ3) is 1.03. The number of rotatable bonds is 0. The van der Waals surface area contributed by atoms with Gasteiger partial charge in [0.15, 0.2) is 5.58 Å². The molecule has 3 rings (SSSR count). The third-order valence-electron chi connectivity index (χ3n) is 2.99. The maximum Gasteiger partial charge on any atom is 0.158 e. The highest BCUT2D eigenvalue weighted by molar-refractivity contribution is 6.09. The Labute approximate surface area is 92.8 Å². The van der Waals surface area contributed by atoms with E-state index in [9.17, 15) is 0 Å². The number of nitrogen functional groups attached to an aromatic ring is 1. The van der Waals surface area contributed by atoms with Crippen LogP contribution in [0.3, 0.4) is 0 Å². The maximum atomic E-state index is 6.10. The van der Waals surface area contributed by atoms with Crippen molar-refractivity contribution in [1.82, 2.24) is 0 Å². The molecule has 2 aromatic heterocycles. The lowest BCUT2D eigenvalue weighted by Gasteiger charge is -2.01. The molecule has 2 heterocycles. The van der Waals surface area contributed by atoms with Crippen molar-refractivity contribution in [2.24, 2.45) is 0 Å². The van der Waals surface area contributed by atoms with Gasteiger partial charge in [-0.25, -0.2) is 0 Å². The quantitative estimate of drug-likeness (QED) is 0.582. The molecule has 0 spiro atoms. The maximum absolute atomic E-state index is 6.10. The zero-order chi connectivity index (χ0) is 11.4. The summed E-state index contributed by atoms with van der Waals surface area (Å²) in [6.07, 6.45) is 0. The number of nitrogens with two attached hydrogens (primary N) is 1. The monoisotopic (exact) mass is 215 g/mol. The second-order valence-corrected chi connectivity index (χ2v) is 4.24. The van der Waals surface area contributed by atoms with Gasteiger partial charge in [-0.05, 0) is 32.9 Å². The molecule has 0 aliphatic carbocycles. The number of anilines is 1. The van der Waals surface area contributed by atoms with Gasteiger partial charge < -0.3 is 14.6 Å². The van der Waals surface area contributed by atoms with Crippen molar-refractivity contribution in [3.05, 3.63) is 29.2 Å². The molecule has 0 amide bonds. The summed E-state index contributed by atoms with van der Waals surface area (Å²) in [5.41, 5.74) is 9.48. The van der Waals surface area contributed by atoms with Crippen LogP contribution >= 0.6 is 0 Å². The van der Waals surface area contributed by atoms with Crippen LogP contribution < -0.4 is 5.73 Å². The van der Waals surface area contributed by atoms with Gasteiger partial charge in [0.05, 0.1) is 5.69 Å². The van der Waals surface area contributed by atoms with E-state index in [4.69, 9.17) is 14.6 Å². The molecule has 1 aromatic carbocycles. The van der Waals surface area contributed by atoms with Gasteiger partial charge in [-0.1, -0.05) is 0 Å². The molecule has 2 N–H and O–H groups in total. The van der Waals surface area contributed by atoms with Gasteiger partial charge in [0.1, 0.15) is 17.1 Å². The topological polar surface area (TPSA) is 52.3 Å². The molecule has 0 saturated carbocycles. The Kier molecular flexibility index (Phi) is 1.64. The molecule has 82 valence electrons. The Balaban J connectivity index is 2.63. The average molecular weight is 215 g/mol. The molecular formula is C13H13NO2. The molecule has 3 nitrogen and oxygen atoms in total. The Bertz CT molecular complexity index is 589. The molecule has 0 bridgehead atoms. The molecular weight excluding hydrogens is 202 g/mol. The van der Waals surface area contributed by atoms with Crippen LogP contribution in [0.2, 0.25) is 0 Å². The van der Waals surface area contributed by atoms with Crippen LogP contribution in [0.25, 0.3) is 21.9 Å². The van der Waals surface area contributed by atoms with Crippen LogP contribution in [-0.2, 0) is 0 Å². The number of hydrogen-bond acceptors (Lipinski definition) is 3. The second kappa shape index (κ2) is 2.82.